The highest BCUT2D eigenvalue weighted by molar-refractivity contribution is 5.93. The summed E-state index contributed by atoms with van der Waals surface area (Å²) in [4.78, 5) is 16.0. The molecule has 1 aromatic carbocycles. The van der Waals surface area contributed by atoms with Crippen molar-refractivity contribution >= 4 is 22.5 Å². The van der Waals surface area contributed by atoms with E-state index < -0.39 is 0 Å². The van der Waals surface area contributed by atoms with E-state index in [1.54, 1.807) is 0 Å². The first-order chi connectivity index (χ1) is 17.7. The number of aromatic nitrogens is 1. The summed E-state index contributed by atoms with van der Waals surface area (Å²) >= 11 is 0. The molecular weight excluding hydrogens is 460 g/mol. The van der Waals surface area contributed by atoms with Gasteiger partial charge in [-0.2, -0.15) is 0 Å². The van der Waals surface area contributed by atoms with Crippen LogP contribution in [-0.2, 0) is 4.79 Å². The molecule has 0 radical (unpaired) electrons. The first kappa shape index (κ1) is 25.4. The summed E-state index contributed by atoms with van der Waals surface area (Å²) in [5, 5.41) is 26.0. The van der Waals surface area contributed by atoms with E-state index in [1.807, 2.05) is 30.5 Å². The van der Waals surface area contributed by atoms with E-state index in [4.69, 9.17) is 0 Å². The summed E-state index contributed by atoms with van der Waals surface area (Å²) in [5.41, 5.74) is 2.43. The molecule has 37 heavy (non-hydrogen) atoms. The van der Waals surface area contributed by atoms with Gasteiger partial charge in [0.25, 0.3) is 0 Å². The minimum absolute atomic E-state index is 0.0994. The van der Waals surface area contributed by atoms with Crippen LogP contribution in [0.4, 0.5) is 5.69 Å². The van der Waals surface area contributed by atoms with Gasteiger partial charge in [-0.05, 0) is 128 Å². The summed E-state index contributed by atoms with van der Waals surface area (Å²) in [6.45, 7) is 7.36. The van der Waals surface area contributed by atoms with Gasteiger partial charge in [-0.3, -0.25) is 4.79 Å². The Bertz CT molecular complexity index is 1140. The molecule has 2 aromatic rings. The van der Waals surface area contributed by atoms with Gasteiger partial charge in [-0.25, -0.2) is 0 Å². The Labute approximate surface area is 221 Å². The molecule has 1 aromatic heterocycles. The van der Waals surface area contributed by atoms with Crippen molar-refractivity contribution in [2.45, 2.75) is 97.2 Å². The molecule has 0 unspecified atom stereocenters. The molecule has 0 bridgehead atoms. The Morgan fingerprint density at radius 1 is 1.05 bits per heavy atom. The maximum absolute atomic E-state index is 12.8. The first-order valence-electron chi connectivity index (χ1n) is 14.9. The molecule has 4 aliphatic carbocycles. The van der Waals surface area contributed by atoms with Crippen LogP contribution in [-0.4, -0.2) is 33.3 Å². The van der Waals surface area contributed by atoms with Crippen LogP contribution in [0, 0.1) is 46.3 Å². The lowest BCUT2D eigenvalue weighted by Gasteiger charge is -2.62. The molecule has 6 rings (SSSR count). The van der Waals surface area contributed by atoms with Gasteiger partial charge < -0.3 is 20.5 Å². The number of amides is 1. The van der Waals surface area contributed by atoms with Crippen molar-refractivity contribution in [3.05, 3.63) is 30.5 Å². The van der Waals surface area contributed by atoms with Crippen LogP contribution < -0.4 is 5.32 Å². The van der Waals surface area contributed by atoms with Gasteiger partial charge in [-0.1, -0.05) is 26.8 Å². The third kappa shape index (κ3) is 4.25. The van der Waals surface area contributed by atoms with E-state index in [2.05, 4.69) is 31.1 Å². The number of rotatable bonds is 5. The van der Waals surface area contributed by atoms with Gasteiger partial charge in [0.2, 0.25) is 5.91 Å². The first-order valence-corrected chi connectivity index (χ1v) is 14.9. The summed E-state index contributed by atoms with van der Waals surface area (Å²) in [6.07, 6.45) is 11.7. The second-order valence-corrected chi connectivity index (χ2v) is 13.8. The SMILES string of the molecule is C[C@@H](CCC(=O)Nc1ccc2cc[nH]c2c1)[C@@H]1CC[C@@H]2[C@H]3[C@H](O)C[C@H]4C[C@@H](O)CC[C@@]4(C)[C@@H]3CC[C@]21C. The molecule has 0 saturated heterocycles. The number of carbonyl (C=O) groups excluding carboxylic acids is 1. The second-order valence-electron chi connectivity index (χ2n) is 13.8. The maximum atomic E-state index is 12.8. The van der Waals surface area contributed by atoms with Gasteiger partial charge in [0.15, 0.2) is 0 Å². The number of fused-ring (bicyclic) bond motifs is 6. The largest absolute Gasteiger partial charge is 0.393 e. The molecular formula is C32H46N2O3. The number of nitrogens with one attached hydrogen (secondary N) is 2. The van der Waals surface area contributed by atoms with Crippen LogP contribution in [0.2, 0.25) is 0 Å². The van der Waals surface area contributed by atoms with Crippen molar-refractivity contribution in [1.82, 2.24) is 4.98 Å². The molecule has 4 fully saturated rings. The number of anilines is 1. The summed E-state index contributed by atoms with van der Waals surface area (Å²) in [7, 11) is 0. The molecule has 4 N–H and O–H groups in total. The van der Waals surface area contributed by atoms with E-state index in [-0.39, 0.29) is 28.9 Å². The zero-order valence-electron chi connectivity index (χ0n) is 22.9. The highest BCUT2D eigenvalue weighted by atomic mass is 16.3. The Balaban J connectivity index is 1.10. The standard InChI is InChI=1S/C32H46N2O3/c1-19(4-9-29(37)34-22-6-5-20-12-15-33-27(20)18-22)24-7-8-25-30-26(11-14-32(24,25)3)31(2)13-10-23(35)16-21(31)17-28(30)36/h5-6,12,15,18-19,21,23-26,28,30,33,35-36H,4,7-11,13-14,16-17H2,1-3H3,(H,34,37)/t19-,21+,23-,24-,25+,26+,28+,30+,31+,32-/m0/s1. The lowest BCUT2D eigenvalue weighted by Crippen LogP contribution is -2.58. The van der Waals surface area contributed by atoms with E-state index in [0.29, 0.717) is 41.9 Å². The highest BCUT2D eigenvalue weighted by Crippen LogP contribution is 2.68. The number of H-pyrrole nitrogens is 1. The lowest BCUT2D eigenvalue weighted by atomic mass is 9.43. The second kappa shape index (κ2) is 9.41. The molecule has 5 heteroatoms. The van der Waals surface area contributed by atoms with Gasteiger partial charge in [0.1, 0.15) is 0 Å². The molecule has 4 saturated carbocycles. The molecule has 5 nitrogen and oxygen atoms in total. The topological polar surface area (TPSA) is 85.4 Å². The normalized spacial score (nSPS) is 42.0. The van der Waals surface area contributed by atoms with Gasteiger partial charge >= 0.3 is 0 Å². The van der Waals surface area contributed by atoms with Crippen molar-refractivity contribution in [3.8, 4) is 0 Å². The van der Waals surface area contributed by atoms with Crippen LogP contribution in [0.15, 0.2) is 30.5 Å². The minimum Gasteiger partial charge on any atom is -0.393 e. The fourth-order valence-corrected chi connectivity index (χ4v) is 10.1. The van der Waals surface area contributed by atoms with Crippen LogP contribution >= 0.6 is 0 Å². The van der Waals surface area contributed by atoms with Crippen LogP contribution in [0.3, 0.4) is 0 Å². The Hall–Kier alpha value is -1.85. The molecule has 0 spiro atoms. The van der Waals surface area contributed by atoms with Crippen molar-refractivity contribution in [1.29, 1.82) is 0 Å². The van der Waals surface area contributed by atoms with Crippen LogP contribution in [0.25, 0.3) is 10.9 Å². The average molecular weight is 507 g/mol. The van der Waals surface area contributed by atoms with Gasteiger partial charge in [0, 0.05) is 23.8 Å². The molecule has 1 amide bonds. The molecule has 10 atom stereocenters. The number of benzene rings is 1. The fourth-order valence-electron chi connectivity index (χ4n) is 10.1. The number of carbonyl (C=O) groups is 1. The van der Waals surface area contributed by atoms with Crippen LogP contribution in [0.5, 0.6) is 0 Å². The van der Waals surface area contributed by atoms with Crippen LogP contribution in [0.1, 0.15) is 85.0 Å². The Morgan fingerprint density at radius 2 is 1.84 bits per heavy atom. The predicted molar refractivity (Wildman–Crippen MR) is 148 cm³/mol. The maximum Gasteiger partial charge on any atom is 0.224 e. The summed E-state index contributed by atoms with van der Waals surface area (Å²) in [5.74, 6) is 3.25. The van der Waals surface area contributed by atoms with E-state index in [1.165, 1.54) is 25.7 Å². The molecule has 4 aliphatic rings. The monoisotopic (exact) mass is 506 g/mol. The van der Waals surface area contributed by atoms with E-state index in [9.17, 15) is 15.0 Å². The van der Waals surface area contributed by atoms with E-state index in [0.717, 1.165) is 48.7 Å². The van der Waals surface area contributed by atoms with Gasteiger partial charge in [-0.15, -0.1) is 0 Å². The van der Waals surface area contributed by atoms with Crippen molar-refractivity contribution < 1.29 is 15.0 Å². The number of aliphatic hydroxyl groups is 2. The molecule has 1 heterocycles. The van der Waals surface area contributed by atoms with E-state index >= 15 is 0 Å². The lowest BCUT2D eigenvalue weighted by molar-refractivity contribution is -0.174. The van der Waals surface area contributed by atoms with Crippen molar-refractivity contribution in [3.63, 3.8) is 0 Å². The fraction of sp³-hybridized carbons (Fsp3) is 0.719. The third-order valence-electron chi connectivity index (χ3n) is 12.1. The summed E-state index contributed by atoms with van der Waals surface area (Å²) < 4.78 is 0. The minimum atomic E-state index is -0.227. The number of aromatic amines is 1. The third-order valence-corrected chi connectivity index (χ3v) is 12.1. The number of hydrogen-bond donors (Lipinski definition) is 4. The smallest absolute Gasteiger partial charge is 0.224 e. The summed E-state index contributed by atoms with van der Waals surface area (Å²) in [6, 6.07) is 8.06. The number of hydrogen-bond acceptors (Lipinski definition) is 3. The zero-order valence-corrected chi connectivity index (χ0v) is 22.9. The number of aliphatic hydroxyl groups excluding tert-OH is 2. The Kier molecular flexibility index (Phi) is 6.47. The molecule has 202 valence electrons. The van der Waals surface area contributed by atoms with Gasteiger partial charge in [0.05, 0.1) is 12.2 Å². The highest BCUT2D eigenvalue weighted by Gasteiger charge is 2.62. The quantitative estimate of drug-likeness (QED) is 0.373. The molecule has 0 aliphatic heterocycles. The van der Waals surface area contributed by atoms with Crippen molar-refractivity contribution in [2.75, 3.05) is 5.32 Å². The zero-order chi connectivity index (χ0) is 25.9. The Morgan fingerprint density at radius 3 is 2.68 bits per heavy atom. The average Bonchev–Trinajstić information content (AvgIpc) is 3.47. The van der Waals surface area contributed by atoms with Crippen molar-refractivity contribution in [2.24, 2.45) is 46.3 Å². The predicted octanol–water partition coefficient (Wildman–Crippen LogP) is 6.51.